The minimum absolute atomic E-state index is 0.0425. The first kappa shape index (κ1) is 53.6. The van der Waals surface area contributed by atoms with Gasteiger partial charge in [-0.25, -0.2) is 9.59 Å². The molecule has 6 amide bonds. The summed E-state index contributed by atoms with van der Waals surface area (Å²) in [6.07, 6.45) is -8.33. The maximum atomic E-state index is 13.8. The van der Waals surface area contributed by atoms with E-state index in [4.69, 9.17) is 19.3 Å². The van der Waals surface area contributed by atoms with Gasteiger partial charge < -0.3 is 71.1 Å². The molecule has 3 rings (SSSR count). The van der Waals surface area contributed by atoms with E-state index in [1.165, 1.54) is 18.2 Å². The van der Waals surface area contributed by atoms with Crippen molar-refractivity contribution >= 4 is 53.3 Å². The van der Waals surface area contributed by atoms with E-state index in [-0.39, 0.29) is 55.6 Å². The molecule has 1 aromatic carbocycles. The Kier molecular flexibility index (Phi) is 20.2. The largest absolute Gasteiger partial charge is 0.506 e. The van der Waals surface area contributed by atoms with Crippen LogP contribution in [-0.2, 0) is 54.4 Å². The summed E-state index contributed by atoms with van der Waals surface area (Å²) in [5.74, 6) is -5.83. The summed E-state index contributed by atoms with van der Waals surface area (Å²) in [7, 11) is 0. The maximum Gasteiger partial charge on any atom is 0.506 e. The predicted molar refractivity (Wildman–Crippen MR) is 227 cm³/mol. The van der Waals surface area contributed by atoms with Crippen molar-refractivity contribution in [3.63, 3.8) is 0 Å². The second kappa shape index (κ2) is 24.5. The molecule has 0 aliphatic carbocycles. The fourth-order valence-electron chi connectivity index (χ4n) is 6.27. The second-order valence-corrected chi connectivity index (χ2v) is 17.0. The van der Waals surface area contributed by atoms with Crippen LogP contribution in [-0.4, -0.2) is 159 Å². The molecule has 2 aliphatic heterocycles. The minimum Gasteiger partial charge on any atom is -0.479 e. The van der Waals surface area contributed by atoms with Gasteiger partial charge in [-0.2, -0.15) is 0 Å². The third-order valence-electron chi connectivity index (χ3n) is 9.93. The van der Waals surface area contributed by atoms with Gasteiger partial charge in [-0.3, -0.25) is 33.7 Å². The number of benzene rings is 1. The Morgan fingerprint density at radius 1 is 0.862 bits per heavy atom. The van der Waals surface area contributed by atoms with Gasteiger partial charge in [-0.1, -0.05) is 13.0 Å². The molecule has 4 unspecified atom stereocenters. The van der Waals surface area contributed by atoms with Crippen LogP contribution >= 0.6 is 0 Å². The summed E-state index contributed by atoms with van der Waals surface area (Å²) < 4.78 is 21.2. The lowest BCUT2D eigenvalue weighted by Crippen LogP contribution is -2.61. The number of aliphatic carboxylic acids is 1. The van der Waals surface area contributed by atoms with Crippen molar-refractivity contribution in [2.45, 2.75) is 129 Å². The van der Waals surface area contributed by atoms with Gasteiger partial charge in [0.25, 0.3) is 11.8 Å². The number of nitrogens with zero attached hydrogens (tertiary/aromatic N) is 1. The molecule has 1 fully saturated rings. The molecule has 0 aromatic heterocycles. The van der Waals surface area contributed by atoms with Crippen molar-refractivity contribution in [2.24, 2.45) is 5.41 Å². The lowest BCUT2D eigenvalue weighted by Gasteiger charge is -2.38. The van der Waals surface area contributed by atoms with Gasteiger partial charge in [-0.15, -0.1) is 0 Å². The van der Waals surface area contributed by atoms with E-state index in [0.717, 1.165) is 17.1 Å². The highest BCUT2D eigenvalue weighted by Crippen LogP contribution is 2.31. The number of carbonyl (C=O) groups is 8. The summed E-state index contributed by atoms with van der Waals surface area (Å²) in [6, 6.07) is 1.24. The number of ether oxygens (including phenoxy) is 4. The number of aliphatic hydroxyl groups excluding tert-OH is 3. The van der Waals surface area contributed by atoms with Crippen molar-refractivity contribution < 1.29 is 82.8 Å². The van der Waals surface area contributed by atoms with Crippen LogP contribution in [0.3, 0.4) is 0 Å². The van der Waals surface area contributed by atoms with Crippen LogP contribution in [0.1, 0.15) is 79.2 Å². The molecule has 1 aromatic rings. The van der Waals surface area contributed by atoms with E-state index in [1.54, 1.807) is 13.8 Å². The molecule has 0 radical (unpaired) electrons. The lowest BCUT2D eigenvalue weighted by molar-refractivity contribution is -0.271. The Hall–Kier alpha value is -5.72. The summed E-state index contributed by atoms with van der Waals surface area (Å²) in [6.45, 7) is 11.0. The highest BCUT2D eigenvalue weighted by atomic mass is 16.7. The number of rotatable bonds is 25. The maximum absolute atomic E-state index is 13.8. The van der Waals surface area contributed by atoms with Crippen LogP contribution < -0.4 is 31.3 Å². The Balaban J connectivity index is 1.74. The molecule has 1 saturated heterocycles. The molecule has 0 saturated carbocycles. The molecule has 0 spiro atoms. The van der Waals surface area contributed by atoms with Crippen molar-refractivity contribution in [2.75, 3.05) is 38.1 Å². The second-order valence-electron chi connectivity index (χ2n) is 17.0. The van der Waals surface area contributed by atoms with Crippen LogP contribution in [0.25, 0.3) is 0 Å². The van der Waals surface area contributed by atoms with Crippen LogP contribution in [0.4, 0.5) is 10.5 Å². The first-order valence-corrected chi connectivity index (χ1v) is 21.1. The van der Waals surface area contributed by atoms with Crippen LogP contribution in [0.5, 0.6) is 5.75 Å². The molecule has 65 heavy (non-hydrogen) atoms. The number of carboxylic acid groups (broad SMARTS) is 2. The van der Waals surface area contributed by atoms with Crippen molar-refractivity contribution in [1.82, 2.24) is 26.2 Å². The predicted octanol–water partition coefficient (Wildman–Crippen LogP) is -0.497. The Labute approximate surface area is 375 Å². The molecule has 362 valence electrons. The Morgan fingerprint density at radius 2 is 1.54 bits per heavy atom. The third-order valence-corrected chi connectivity index (χ3v) is 9.93. The molecule has 2 heterocycles. The van der Waals surface area contributed by atoms with E-state index < -0.39 is 108 Å². The van der Waals surface area contributed by atoms with Crippen LogP contribution in [0, 0.1) is 5.41 Å². The van der Waals surface area contributed by atoms with Gasteiger partial charge in [-0.05, 0) is 84.5 Å². The average Bonchev–Trinajstić information content (AvgIpc) is 3.56. The summed E-state index contributed by atoms with van der Waals surface area (Å²) in [4.78, 5) is 102. The summed E-state index contributed by atoms with van der Waals surface area (Å²) in [5, 5.41) is 62.8. The van der Waals surface area contributed by atoms with Gasteiger partial charge in [0.05, 0.1) is 23.3 Å². The molecule has 0 bridgehead atoms. The molecular weight excluding hydrogens is 860 g/mol. The molecule has 23 nitrogen and oxygen atoms in total. The number of anilines is 1. The molecule has 2 aliphatic rings. The van der Waals surface area contributed by atoms with Gasteiger partial charge >= 0.3 is 12.1 Å². The van der Waals surface area contributed by atoms with Gasteiger partial charge in [0, 0.05) is 38.2 Å². The number of amides is 6. The number of unbranched alkanes of at least 4 members (excludes halogenated alkanes) is 1. The van der Waals surface area contributed by atoms with E-state index in [0.29, 0.717) is 25.8 Å². The number of nitrogens with one attached hydrogen (secondary N) is 5. The number of hydrogen-bond donors (Lipinski definition) is 10. The molecule has 23 heteroatoms. The normalized spacial score (nSPS) is 20.7. The SMILES string of the molecule is CCCNCC(C(=O)N[C@@H](CCCCNC(=O)C(C)(C)COC(C)(C)C)C(=O)NCCC(=O)Nc1cc(COC(=O)O)ccc1OC1OC(C(=O)O)[C@@H](O)C(O)[C@H]1O)N1C(=O)C=CC1=O. The summed E-state index contributed by atoms with van der Waals surface area (Å²) in [5.41, 5.74) is -1.23. The topological polar surface area (TPSA) is 338 Å². The Morgan fingerprint density at radius 3 is 2.15 bits per heavy atom. The van der Waals surface area contributed by atoms with E-state index in [9.17, 15) is 58.8 Å². The molecular formula is C42H62N6O17. The average molecular weight is 923 g/mol. The van der Waals surface area contributed by atoms with Crippen molar-refractivity contribution in [3.8, 4) is 5.75 Å². The number of imide groups is 1. The van der Waals surface area contributed by atoms with Gasteiger partial charge in [0.15, 0.2) is 6.10 Å². The van der Waals surface area contributed by atoms with E-state index in [1.807, 2.05) is 27.7 Å². The van der Waals surface area contributed by atoms with Crippen LogP contribution in [0.2, 0.25) is 0 Å². The Bertz CT molecular complexity index is 1880. The van der Waals surface area contributed by atoms with Crippen LogP contribution in [0.15, 0.2) is 30.4 Å². The fraction of sp³-hybridized carbons (Fsp3) is 0.619. The lowest BCUT2D eigenvalue weighted by atomic mass is 9.93. The first-order chi connectivity index (χ1) is 30.4. The van der Waals surface area contributed by atoms with E-state index in [2.05, 4.69) is 31.3 Å². The van der Waals surface area contributed by atoms with Crippen molar-refractivity contribution in [1.29, 1.82) is 0 Å². The molecule has 7 atom stereocenters. The number of hydrogen-bond acceptors (Lipinski definition) is 16. The smallest absolute Gasteiger partial charge is 0.479 e. The standard InChI is InChI=1S/C42H62N6O17/c1-7-16-43-20-26(48-29(50)13-14-30(48)51)36(56)47-24(10-8-9-17-45-39(59)42(5,6)22-63-41(2,3)4)35(55)44-18-15-28(49)46-25-19-23(21-62-40(60)61)11-12-27(25)64-38-33(54)31(52)32(53)34(65-38)37(57)58/h11-14,19,24,26,31-34,38,43,52-54H,7-10,15-18,20-22H2,1-6H3,(H,44,55)(H,45,59)(H,46,49)(H,47,56)(H,57,58)(H,60,61)/t24-,26?,31?,32-,33+,34?,38?/m0/s1. The molecule has 10 N–H and O–H groups in total. The van der Waals surface area contributed by atoms with Gasteiger partial charge in [0.2, 0.25) is 29.9 Å². The number of carboxylic acids is 1. The third kappa shape index (κ3) is 16.7. The first-order valence-electron chi connectivity index (χ1n) is 21.1. The monoisotopic (exact) mass is 922 g/mol. The minimum atomic E-state index is -2.01. The van der Waals surface area contributed by atoms with Gasteiger partial charge in [0.1, 0.15) is 42.8 Å². The van der Waals surface area contributed by atoms with E-state index >= 15 is 0 Å². The quantitative estimate of drug-likeness (QED) is 0.0336. The van der Waals surface area contributed by atoms with Crippen molar-refractivity contribution in [3.05, 3.63) is 35.9 Å². The zero-order valence-electron chi connectivity index (χ0n) is 37.3. The zero-order valence-corrected chi connectivity index (χ0v) is 37.3. The fourth-order valence-corrected chi connectivity index (χ4v) is 6.27. The highest BCUT2D eigenvalue weighted by Gasteiger charge is 2.48. The number of carbonyl (C=O) groups excluding carboxylic acids is 6. The highest BCUT2D eigenvalue weighted by molar-refractivity contribution is 6.15. The number of aliphatic hydroxyl groups is 3. The zero-order chi connectivity index (χ0) is 48.6. The summed E-state index contributed by atoms with van der Waals surface area (Å²) >= 11 is 0.